The number of carbonyl (C=O) groups excluding carboxylic acids is 1. The first-order valence-corrected chi connectivity index (χ1v) is 7.62. The van der Waals surface area contributed by atoms with Gasteiger partial charge in [0.2, 0.25) is 0 Å². The van der Waals surface area contributed by atoms with Crippen molar-refractivity contribution in [3.63, 3.8) is 0 Å². The van der Waals surface area contributed by atoms with Crippen LogP contribution < -0.4 is 10.2 Å². The molecule has 0 saturated heterocycles. The second kappa shape index (κ2) is 6.43. The van der Waals surface area contributed by atoms with Gasteiger partial charge in [0.25, 0.3) is 5.19 Å². The molecule has 0 amide bonds. The van der Waals surface area contributed by atoms with Crippen molar-refractivity contribution in [2.24, 2.45) is 0 Å². The van der Waals surface area contributed by atoms with Crippen molar-refractivity contribution in [3.05, 3.63) is 29.3 Å². The number of hydrogen-bond donors (Lipinski definition) is 1. The van der Waals surface area contributed by atoms with Crippen molar-refractivity contribution in [3.8, 4) is 10.9 Å². The van der Waals surface area contributed by atoms with Gasteiger partial charge in [-0.2, -0.15) is 0 Å². The molecule has 2 aromatic rings. The lowest BCUT2D eigenvalue weighted by atomic mass is 9.79. The summed E-state index contributed by atoms with van der Waals surface area (Å²) in [6.07, 6.45) is -0.450. The van der Waals surface area contributed by atoms with Crippen LogP contribution in [0.3, 0.4) is 0 Å². The van der Waals surface area contributed by atoms with Gasteiger partial charge in [0.05, 0.1) is 19.1 Å². The summed E-state index contributed by atoms with van der Waals surface area (Å²) in [5.74, 6) is 0.164. The van der Waals surface area contributed by atoms with Gasteiger partial charge >= 0.3 is 13.1 Å². The van der Waals surface area contributed by atoms with Gasteiger partial charge in [-0.1, -0.05) is 22.5 Å². The second-order valence-corrected chi connectivity index (χ2v) is 5.38. The normalized spacial score (nSPS) is 16.5. The van der Waals surface area contributed by atoms with Crippen LogP contribution in [0, 0.1) is 0 Å². The lowest BCUT2D eigenvalue weighted by Gasteiger charge is -2.11. The summed E-state index contributed by atoms with van der Waals surface area (Å²) in [6.45, 7) is 2.06. The minimum Gasteiger partial charge on any atom is -0.466 e. The monoisotopic (exact) mass is 320 g/mol. The lowest BCUT2D eigenvalue weighted by molar-refractivity contribution is -0.145. The fourth-order valence-corrected chi connectivity index (χ4v) is 2.69. The van der Waals surface area contributed by atoms with E-state index < -0.39 is 13.2 Å². The molecule has 7 nitrogen and oxygen atoms in total. The number of rotatable bonds is 5. The van der Waals surface area contributed by atoms with Crippen LogP contribution in [0.2, 0.25) is 0 Å². The molecule has 0 radical (unpaired) electrons. The van der Waals surface area contributed by atoms with Crippen molar-refractivity contribution in [1.29, 1.82) is 0 Å². The fraction of sp³-hybridized carbons (Fsp3) is 0.308. The van der Waals surface area contributed by atoms with Crippen molar-refractivity contribution in [1.82, 2.24) is 10.2 Å². The van der Waals surface area contributed by atoms with Crippen LogP contribution in [0.15, 0.2) is 23.7 Å². The molecule has 3 rings (SSSR count). The van der Waals surface area contributed by atoms with Gasteiger partial charge in [0.1, 0.15) is 11.3 Å². The summed E-state index contributed by atoms with van der Waals surface area (Å²) in [4.78, 5) is 11.6. The molecule has 0 spiro atoms. The third-order valence-corrected chi connectivity index (χ3v) is 3.73. The number of fused-ring (bicyclic) bond motifs is 1. The van der Waals surface area contributed by atoms with E-state index in [1.807, 2.05) is 0 Å². The highest BCUT2D eigenvalue weighted by Crippen LogP contribution is 2.30. The molecular weight excluding hydrogens is 307 g/mol. The standard InChI is InChI=1S/C13H13BN2O5S/c1-2-19-12(17)6-11-9-4-3-8(5-10(9)14(18)21-11)20-13-16-15-7-22-13/h3-5,7,11,18H,2,6H2,1H3. The number of hydrogen-bond acceptors (Lipinski definition) is 8. The van der Waals surface area contributed by atoms with Gasteiger partial charge in [-0.25, -0.2) is 0 Å². The average Bonchev–Trinajstić information content (AvgIpc) is 3.09. The van der Waals surface area contributed by atoms with Crippen LogP contribution >= 0.6 is 11.3 Å². The van der Waals surface area contributed by atoms with Crippen molar-refractivity contribution < 1.29 is 23.9 Å². The van der Waals surface area contributed by atoms with Gasteiger partial charge in [0.15, 0.2) is 0 Å². The van der Waals surface area contributed by atoms with Crippen LogP contribution in [0.4, 0.5) is 0 Å². The SMILES string of the molecule is CCOC(=O)CC1OB(O)c2cc(Oc3nncs3)ccc21. The van der Waals surface area contributed by atoms with Crippen molar-refractivity contribution in [2.75, 3.05) is 6.61 Å². The predicted molar refractivity (Wildman–Crippen MR) is 79.1 cm³/mol. The number of ether oxygens (including phenoxy) is 2. The molecule has 0 fully saturated rings. The Kier molecular flexibility index (Phi) is 4.37. The van der Waals surface area contributed by atoms with E-state index >= 15 is 0 Å². The van der Waals surface area contributed by atoms with E-state index in [9.17, 15) is 9.82 Å². The Morgan fingerprint density at radius 3 is 3.14 bits per heavy atom. The maximum Gasteiger partial charge on any atom is 0.492 e. The highest BCUT2D eigenvalue weighted by atomic mass is 32.1. The van der Waals surface area contributed by atoms with E-state index in [0.29, 0.717) is 23.0 Å². The zero-order valence-electron chi connectivity index (χ0n) is 11.8. The average molecular weight is 320 g/mol. The largest absolute Gasteiger partial charge is 0.492 e. The summed E-state index contributed by atoms with van der Waals surface area (Å²) in [5.41, 5.74) is 2.90. The molecule has 1 atom stereocenters. The number of nitrogens with zero attached hydrogens (tertiary/aromatic N) is 2. The molecule has 22 heavy (non-hydrogen) atoms. The van der Waals surface area contributed by atoms with Crippen LogP contribution in [0.1, 0.15) is 25.0 Å². The highest BCUT2D eigenvalue weighted by Gasteiger charge is 2.36. The Bertz CT molecular complexity index is 666. The molecule has 1 aromatic heterocycles. The van der Waals surface area contributed by atoms with E-state index in [-0.39, 0.29) is 12.4 Å². The van der Waals surface area contributed by atoms with Gasteiger partial charge in [-0.15, -0.1) is 5.10 Å². The van der Waals surface area contributed by atoms with Crippen LogP contribution in [0.25, 0.3) is 0 Å². The molecule has 1 aromatic carbocycles. The fourth-order valence-electron chi connectivity index (χ4n) is 2.26. The van der Waals surface area contributed by atoms with Gasteiger partial charge < -0.3 is 19.2 Å². The minimum atomic E-state index is -1.09. The number of aromatic nitrogens is 2. The quantitative estimate of drug-likeness (QED) is 0.650. The first-order valence-electron chi connectivity index (χ1n) is 6.74. The minimum absolute atomic E-state index is 0.0640. The van der Waals surface area contributed by atoms with E-state index in [4.69, 9.17) is 14.1 Å². The van der Waals surface area contributed by atoms with Crippen LogP contribution in [-0.4, -0.2) is 34.9 Å². The van der Waals surface area contributed by atoms with Gasteiger partial charge in [-0.3, -0.25) is 4.79 Å². The first-order chi connectivity index (χ1) is 10.7. The number of benzene rings is 1. The molecule has 0 aliphatic carbocycles. The molecule has 9 heteroatoms. The van der Waals surface area contributed by atoms with E-state index in [0.717, 1.165) is 5.56 Å². The Morgan fingerprint density at radius 2 is 2.41 bits per heavy atom. The Balaban J connectivity index is 1.77. The van der Waals surface area contributed by atoms with E-state index in [1.165, 1.54) is 11.3 Å². The van der Waals surface area contributed by atoms with Gasteiger partial charge in [-0.05, 0) is 30.1 Å². The Labute approximate surface area is 131 Å². The maximum atomic E-state index is 11.6. The summed E-state index contributed by atoms with van der Waals surface area (Å²) in [7, 11) is -1.09. The van der Waals surface area contributed by atoms with Crippen LogP contribution in [0.5, 0.6) is 10.9 Å². The van der Waals surface area contributed by atoms with Gasteiger partial charge in [0, 0.05) is 0 Å². The highest BCUT2D eigenvalue weighted by molar-refractivity contribution is 7.11. The molecular formula is C13H13BN2O5S. The third-order valence-electron chi connectivity index (χ3n) is 3.17. The van der Waals surface area contributed by atoms with Crippen molar-refractivity contribution in [2.45, 2.75) is 19.4 Å². The predicted octanol–water partition coefficient (Wildman–Crippen LogP) is 1.04. The molecule has 1 unspecified atom stereocenters. The summed E-state index contributed by atoms with van der Waals surface area (Å²) in [5, 5.41) is 17.9. The molecule has 114 valence electrons. The molecule has 0 saturated carbocycles. The molecule has 0 bridgehead atoms. The molecule has 1 N–H and O–H groups in total. The Morgan fingerprint density at radius 1 is 1.55 bits per heavy atom. The molecule has 2 heterocycles. The zero-order chi connectivity index (χ0) is 15.5. The van der Waals surface area contributed by atoms with E-state index in [2.05, 4.69) is 10.2 Å². The number of carbonyl (C=O) groups is 1. The lowest BCUT2D eigenvalue weighted by Crippen LogP contribution is -2.28. The topological polar surface area (TPSA) is 90.8 Å². The molecule has 1 aliphatic rings. The first kappa shape index (κ1) is 15.0. The number of esters is 1. The van der Waals surface area contributed by atoms with E-state index in [1.54, 1.807) is 30.6 Å². The smallest absolute Gasteiger partial charge is 0.466 e. The van der Waals surface area contributed by atoms with Crippen LogP contribution in [-0.2, 0) is 14.2 Å². The summed E-state index contributed by atoms with van der Waals surface area (Å²) < 4.78 is 15.9. The zero-order valence-corrected chi connectivity index (χ0v) is 12.6. The third kappa shape index (κ3) is 3.11. The van der Waals surface area contributed by atoms with Crippen molar-refractivity contribution >= 4 is 29.9 Å². The summed E-state index contributed by atoms with van der Waals surface area (Å²) in [6, 6.07) is 5.18. The summed E-state index contributed by atoms with van der Waals surface area (Å²) >= 11 is 1.27. The second-order valence-electron chi connectivity index (χ2n) is 4.58. The molecule has 1 aliphatic heterocycles. The Hall–Kier alpha value is -1.97. The maximum absolute atomic E-state index is 11.6.